The molecule has 0 bridgehead atoms. The summed E-state index contributed by atoms with van der Waals surface area (Å²) < 4.78 is 8.60. The number of hydrogen-bond acceptors (Lipinski definition) is 3. The van der Waals surface area contributed by atoms with Crippen LogP contribution in [0.1, 0.15) is 55.1 Å². The van der Waals surface area contributed by atoms with Gasteiger partial charge in [-0.3, -0.25) is 4.99 Å². The number of aliphatic imine (C=N–C) groups is 1. The molecule has 1 unspecified atom stereocenters. The summed E-state index contributed by atoms with van der Waals surface area (Å²) in [5, 5.41) is 7.10. The predicted molar refractivity (Wildman–Crippen MR) is 119 cm³/mol. The first-order valence-electron chi connectivity index (χ1n) is 10.8. The van der Waals surface area contributed by atoms with Gasteiger partial charge in [0.15, 0.2) is 5.96 Å². The van der Waals surface area contributed by atoms with E-state index in [1.54, 1.807) is 0 Å². The number of pyridine rings is 1. The molecule has 2 aromatic heterocycles. The first-order valence-corrected chi connectivity index (χ1v) is 10.8. The second-order valence-electron chi connectivity index (χ2n) is 8.48. The van der Waals surface area contributed by atoms with E-state index in [9.17, 15) is 0 Å². The normalized spacial score (nSPS) is 20.2. The van der Waals surface area contributed by atoms with E-state index in [0.717, 1.165) is 42.3 Å². The lowest BCUT2D eigenvalue weighted by atomic mass is 9.86. The van der Waals surface area contributed by atoms with Crippen LogP contribution in [-0.4, -0.2) is 28.0 Å². The fraction of sp³-hybridized carbons (Fsp3) is 0.417. The summed E-state index contributed by atoms with van der Waals surface area (Å²) in [5.74, 6) is 1.80. The van der Waals surface area contributed by atoms with E-state index in [0.29, 0.717) is 6.54 Å². The predicted octanol–water partition coefficient (Wildman–Crippen LogP) is 4.14. The van der Waals surface area contributed by atoms with E-state index in [2.05, 4.69) is 63.5 Å². The number of guanidine groups is 1. The Morgan fingerprint density at radius 3 is 2.83 bits per heavy atom. The van der Waals surface area contributed by atoms with Crippen molar-refractivity contribution in [3.8, 4) is 5.75 Å². The first kappa shape index (κ1) is 19.0. The van der Waals surface area contributed by atoms with Crippen molar-refractivity contribution in [1.29, 1.82) is 0 Å². The maximum atomic E-state index is 6.49. The number of rotatable bonds is 3. The van der Waals surface area contributed by atoms with Crippen molar-refractivity contribution in [3.05, 3.63) is 65.6 Å². The van der Waals surface area contributed by atoms with E-state index in [1.807, 2.05) is 19.2 Å². The quantitative estimate of drug-likeness (QED) is 0.510. The van der Waals surface area contributed by atoms with Gasteiger partial charge in [0.1, 0.15) is 17.0 Å². The molecule has 156 valence electrons. The number of ether oxygens (including phenoxy) is 1. The van der Waals surface area contributed by atoms with Crippen LogP contribution in [0, 0.1) is 6.92 Å². The van der Waals surface area contributed by atoms with Crippen LogP contribution in [0.5, 0.6) is 5.75 Å². The molecule has 5 rings (SSSR count). The number of benzene rings is 1. The third-order valence-electron chi connectivity index (χ3n) is 6.43. The molecule has 2 aliphatic rings. The molecule has 6 nitrogen and oxygen atoms in total. The molecule has 2 N–H and O–H groups in total. The van der Waals surface area contributed by atoms with Crippen LogP contribution in [0.15, 0.2) is 53.7 Å². The molecule has 1 aliphatic carbocycles. The highest BCUT2D eigenvalue weighted by molar-refractivity contribution is 5.80. The second kappa shape index (κ2) is 7.67. The molecule has 0 radical (unpaired) electrons. The highest BCUT2D eigenvalue weighted by atomic mass is 16.5. The average Bonchev–Trinajstić information content (AvgIpc) is 3.38. The number of hydrogen-bond donors (Lipinski definition) is 2. The molecular formula is C24H29N5O. The smallest absolute Gasteiger partial charge is 0.191 e. The number of nitrogens with one attached hydrogen (secondary N) is 2. The Morgan fingerprint density at radius 1 is 1.20 bits per heavy atom. The van der Waals surface area contributed by atoms with Crippen molar-refractivity contribution in [2.45, 2.75) is 57.2 Å². The molecule has 1 spiro atoms. The number of imidazole rings is 1. The van der Waals surface area contributed by atoms with Crippen molar-refractivity contribution in [2.75, 3.05) is 7.05 Å². The number of para-hydroxylation sites is 1. The van der Waals surface area contributed by atoms with Crippen LogP contribution < -0.4 is 15.4 Å². The number of nitrogens with zero attached hydrogens (tertiary/aromatic N) is 3. The van der Waals surface area contributed by atoms with Crippen LogP contribution in [0.25, 0.3) is 5.65 Å². The van der Waals surface area contributed by atoms with Gasteiger partial charge in [-0.1, -0.05) is 24.3 Å². The second-order valence-corrected chi connectivity index (χ2v) is 8.48. The highest BCUT2D eigenvalue weighted by Crippen LogP contribution is 2.46. The Balaban J connectivity index is 1.32. The largest absolute Gasteiger partial charge is 0.487 e. The molecule has 1 fully saturated rings. The Kier molecular flexibility index (Phi) is 4.85. The molecule has 6 heteroatoms. The molecule has 1 aliphatic heterocycles. The third-order valence-corrected chi connectivity index (χ3v) is 6.43. The van der Waals surface area contributed by atoms with Crippen LogP contribution in [0.3, 0.4) is 0 Å². The molecule has 3 heterocycles. The zero-order chi connectivity index (χ0) is 20.6. The Hall–Kier alpha value is -3.02. The summed E-state index contributed by atoms with van der Waals surface area (Å²) in [7, 11) is 1.82. The van der Waals surface area contributed by atoms with Gasteiger partial charge in [0.2, 0.25) is 0 Å². The Morgan fingerprint density at radius 2 is 2.03 bits per heavy atom. The maximum absolute atomic E-state index is 6.49. The zero-order valence-electron chi connectivity index (χ0n) is 17.7. The highest BCUT2D eigenvalue weighted by Gasteiger charge is 2.43. The lowest BCUT2D eigenvalue weighted by molar-refractivity contribution is 0.0396. The van der Waals surface area contributed by atoms with Gasteiger partial charge in [0.05, 0.1) is 18.3 Å². The van der Waals surface area contributed by atoms with Crippen molar-refractivity contribution >= 4 is 11.6 Å². The molecule has 3 aromatic rings. The zero-order valence-corrected chi connectivity index (χ0v) is 17.7. The van der Waals surface area contributed by atoms with Crippen molar-refractivity contribution in [3.63, 3.8) is 0 Å². The number of aryl methyl sites for hydroxylation is 1. The minimum atomic E-state index is -0.0377. The standard InChI is InChI=1S/C24H29N5O/c1-17-8-7-11-22-27-18(16-29(17)22)15-26-23(25-2)28-20-14-24(12-5-6-13-24)30-21-10-4-3-9-19(20)21/h3-4,7-11,16,20H,5-6,12-15H2,1-2H3,(H2,25,26,28). The summed E-state index contributed by atoms with van der Waals surface area (Å²) in [6, 6.07) is 14.7. The van der Waals surface area contributed by atoms with Gasteiger partial charge >= 0.3 is 0 Å². The molecule has 1 saturated carbocycles. The van der Waals surface area contributed by atoms with E-state index in [-0.39, 0.29) is 11.6 Å². The van der Waals surface area contributed by atoms with E-state index < -0.39 is 0 Å². The molecule has 1 atom stereocenters. The van der Waals surface area contributed by atoms with Gasteiger partial charge in [-0.2, -0.15) is 0 Å². The van der Waals surface area contributed by atoms with Gasteiger partial charge in [-0.05, 0) is 50.8 Å². The van der Waals surface area contributed by atoms with Gasteiger partial charge in [0, 0.05) is 30.9 Å². The minimum absolute atomic E-state index is 0.0377. The van der Waals surface area contributed by atoms with Crippen LogP contribution in [0.4, 0.5) is 0 Å². The number of aromatic nitrogens is 2. The first-order chi connectivity index (χ1) is 14.7. The van der Waals surface area contributed by atoms with E-state index in [4.69, 9.17) is 9.72 Å². The lowest BCUT2D eigenvalue weighted by Gasteiger charge is -2.40. The minimum Gasteiger partial charge on any atom is -0.487 e. The fourth-order valence-electron chi connectivity index (χ4n) is 4.89. The van der Waals surface area contributed by atoms with Crippen molar-refractivity contribution in [1.82, 2.24) is 20.0 Å². The van der Waals surface area contributed by atoms with Crippen LogP contribution in [0.2, 0.25) is 0 Å². The summed E-state index contributed by atoms with van der Waals surface area (Å²) in [6.45, 7) is 2.71. The fourth-order valence-corrected chi connectivity index (χ4v) is 4.89. The van der Waals surface area contributed by atoms with E-state index in [1.165, 1.54) is 24.1 Å². The average molecular weight is 404 g/mol. The van der Waals surface area contributed by atoms with Crippen molar-refractivity contribution < 1.29 is 4.74 Å². The topological polar surface area (TPSA) is 63.0 Å². The Labute approximate surface area is 177 Å². The third kappa shape index (κ3) is 3.51. The van der Waals surface area contributed by atoms with E-state index >= 15 is 0 Å². The Bertz CT molecular complexity index is 1080. The monoisotopic (exact) mass is 403 g/mol. The summed E-state index contributed by atoms with van der Waals surface area (Å²) in [4.78, 5) is 9.19. The summed E-state index contributed by atoms with van der Waals surface area (Å²) in [5.41, 5.74) is 4.31. The lowest BCUT2D eigenvalue weighted by Crippen LogP contribution is -2.46. The maximum Gasteiger partial charge on any atom is 0.191 e. The SMILES string of the molecule is CN=C(NCc1cn2c(C)cccc2n1)NC1CC2(CCCC2)Oc2ccccc21. The van der Waals surface area contributed by atoms with Crippen LogP contribution >= 0.6 is 0 Å². The summed E-state index contributed by atoms with van der Waals surface area (Å²) in [6.07, 6.45) is 7.81. The van der Waals surface area contributed by atoms with Gasteiger partial charge in [-0.15, -0.1) is 0 Å². The van der Waals surface area contributed by atoms with Gasteiger partial charge in [-0.25, -0.2) is 4.98 Å². The molecular weight excluding hydrogens is 374 g/mol. The molecule has 30 heavy (non-hydrogen) atoms. The van der Waals surface area contributed by atoms with Crippen LogP contribution in [-0.2, 0) is 6.54 Å². The van der Waals surface area contributed by atoms with Gasteiger partial charge < -0.3 is 19.8 Å². The number of fused-ring (bicyclic) bond motifs is 2. The summed E-state index contributed by atoms with van der Waals surface area (Å²) >= 11 is 0. The van der Waals surface area contributed by atoms with Gasteiger partial charge in [0.25, 0.3) is 0 Å². The molecule has 0 saturated heterocycles. The molecule has 1 aromatic carbocycles. The van der Waals surface area contributed by atoms with Crippen molar-refractivity contribution in [2.24, 2.45) is 4.99 Å². The molecule has 0 amide bonds.